The molecular weight excluding hydrogens is 330 g/mol. The molecule has 0 atom stereocenters. The standard InChI is InChI=1S/C13H23BrClN3O/c1-3-11-13(14)12(18(4-2)17-11)10-16-7-5-8-19-9-6-15/h16H,3-10H2,1-2H3. The van der Waals surface area contributed by atoms with Gasteiger partial charge < -0.3 is 10.1 Å². The van der Waals surface area contributed by atoms with Crippen LogP contribution in [-0.4, -0.2) is 35.4 Å². The number of hydrogen-bond donors (Lipinski definition) is 1. The summed E-state index contributed by atoms with van der Waals surface area (Å²) in [6.45, 7) is 8.29. The number of aromatic nitrogens is 2. The van der Waals surface area contributed by atoms with Gasteiger partial charge >= 0.3 is 0 Å². The second kappa shape index (κ2) is 9.75. The number of hydrogen-bond acceptors (Lipinski definition) is 3. The normalized spacial score (nSPS) is 11.2. The second-order valence-corrected chi connectivity index (χ2v) is 5.38. The van der Waals surface area contributed by atoms with Gasteiger partial charge in [0.1, 0.15) is 0 Å². The van der Waals surface area contributed by atoms with Crippen molar-refractivity contribution >= 4 is 27.5 Å². The van der Waals surface area contributed by atoms with Crippen molar-refractivity contribution in [3.05, 3.63) is 15.9 Å². The van der Waals surface area contributed by atoms with E-state index in [1.165, 1.54) is 5.69 Å². The summed E-state index contributed by atoms with van der Waals surface area (Å²) in [7, 11) is 0. The summed E-state index contributed by atoms with van der Waals surface area (Å²) >= 11 is 9.18. The van der Waals surface area contributed by atoms with Crippen molar-refractivity contribution in [2.75, 3.05) is 25.6 Å². The molecule has 0 unspecified atom stereocenters. The molecule has 1 aromatic rings. The van der Waals surface area contributed by atoms with Gasteiger partial charge in [-0.3, -0.25) is 4.68 Å². The maximum Gasteiger partial charge on any atom is 0.0767 e. The van der Waals surface area contributed by atoms with E-state index in [0.29, 0.717) is 12.5 Å². The van der Waals surface area contributed by atoms with E-state index in [1.807, 2.05) is 0 Å². The molecule has 1 aromatic heterocycles. The SMILES string of the molecule is CCc1nn(CC)c(CNCCCOCCCl)c1Br. The highest BCUT2D eigenvalue weighted by atomic mass is 79.9. The average Bonchev–Trinajstić information content (AvgIpc) is 2.74. The van der Waals surface area contributed by atoms with E-state index < -0.39 is 0 Å². The molecule has 110 valence electrons. The number of aryl methyl sites for hydroxylation is 2. The molecule has 0 aliphatic carbocycles. The maximum absolute atomic E-state index is 5.53. The zero-order valence-corrected chi connectivity index (χ0v) is 14.1. The Morgan fingerprint density at radius 2 is 2.16 bits per heavy atom. The molecule has 0 aromatic carbocycles. The zero-order valence-electron chi connectivity index (χ0n) is 11.7. The first-order valence-electron chi connectivity index (χ1n) is 6.83. The van der Waals surface area contributed by atoms with Crippen LogP contribution in [0.2, 0.25) is 0 Å². The third-order valence-corrected chi connectivity index (χ3v) is 3.92. The van der Waals surface area contributed by atoms with Crippen LogP contribution in [0.3, 0.4) is 0 Å². The molecule has 0 fully saturated rings. The van der Waals surface area contributed by atoms with Crippen molar-refractivity contribution in [2.45, 2.75) is 39.8 Å². The number of nitrogens with zero attached hydrogens (tertiary/aromatic N) is 2. The number of alkyl halides is 1. The third kappa shape index (κ3) is 5.42. The number of halogens is 2. The van der Waals surface area contributed by atoms with Crippen molar-refractivity contribution in [3.8, 4) is 0 Å². The van der Waals surface area contributed by atoms with Crippen LogP contribution >= 0.6 is 27.5 Å². The Morgan fingerprint density at radius 1 is 1.37 bits per heavy atom. The highest BCUT2D eigenvalue weighted by molar-refractivity contribution is 9.10. The summed E-state index contributed by atoms with van der Waals surface area (Å²) in [5.74, 6) is 0.565. The van der Waals surface area contributed by atoms with Gasteiger partial charge in [-0.2, -0.15) is 5.10 Å². The Bertz CT molecular complexity index is 371. The summed E-state index contributed by atoms with van der Waals surface area (Å²) in [6, 6.07) is 0. The van der Waals surface area contributed by atoms with Crippen molar-refractivity contribution in [1.29, 1.82) is 0 Å². The first-order chi connectivity index (χ1) is 9.24. The third-order valence-electron chi connectivity index (χ3n) is 2.85. The zero-order chi connectivity index (χ0) is 14.1. The molecule has 0 spiro atoms. The van der Waals surface area contributed by atoms with Crippen molar-refractivity contribution in [2.24, 2.45) is 0 Å². The first-order valence-corrected chi connectivity index (χ1v) is 8.15. The van der Waals surface area contributed by atoms with Gasteiger partial charge in [0.15, 0.2) is 0 Å². The summed E-state index contributed by atoms with van der Waals surface area (Å²) < 4.78 is 8.52. The van der Waals surface area contributed by atoms with Gasteiger partial charge in [0, 0.05) is 25.6 Å². The summed E-state index contributed by atoms with van der Waals surface area (Å²) in [5, 5.41) is 8.00. The molecule has 0 bridgehead atoms. The van der Waals surface area contributed by atoms with Crippen LogP contribution in [0.4, 0.5) is 0 Å². The molecule has 0 aliphatic heterocycles. The first kappa shape index (κ1) is 17.0. The van der Waals surface area contributed by atoms with Gasteiger partial charge in [-0.15, -0.1) is 11.6 Å². The molecular formula is C13H23BrClN3O. The minimum absolute atomic E-state index is 0.565. The number of rotatable bonds is 10. The van der Waals surface area contributed by atoms with Gasteiger partial charge in [-0.1, -0.05) is 6.92 Å². The van der Waals surface area contributed by atoms with E-state index >= 15 is 0 Å². The molecule has 0 aliphatic rings. The lowest BCUT2D eigenvalue weighted by molar-refractivity contribution is 0.146. The average molecular weight is 353 g/mol. The molecule has 0 radical (unpaired) electrons. The van der Waals surface area contributed by atoms with E-state index in [-0.39, 0.29) is 0 Å². The molecule has 19 heavy (non-hydrogen) atoms. The predicted octanol–water partition coefficient (Wildman–Crippen LogP) is 2.96. The number of nitrogens with one attached hydrogen (secondary N) is 1. The minimum atomic E-state index is 0.565. The monoisotopic (exact) mass is 351 g/mol. The number of ether oxygens (including phenoxy) is 1. The lowest BCUT2D eigenvalue weighted by Gasteiger charge is -2.07. The Hall–Kier alpha value is -0.100. The van der Waals surface area contributed by atoms with Crippen LogP contribution < -0.4 is 5.32 Å². The molecule has 4 nitrogen and oxygen atoms in total. The summed E-state index contributed by atoms with van der Waals surface area (Å²) in [5.41, 5.74) is 2.35. The molecule has 0 saturated heterocycles. The molecule has 1 rings (SSSR count). The fraction of sp³-hybridized carbons (Fsp3) is 0.769. The molecule has 1 N–H and O–H groups in total. The molecule has 0 amide bonds. The summed E-state index contributed by atoms with van der Waals surface area (Å²) in [6.07, 6.45) is 1.95. The topological polar surface area (TPSA) is 39.1 Å². The van der Waals surface area contributed by atoms with Crippen LogP contribution in [0.5, 0.6) is 0 Å². The fourth-order valence-corrected chi connectivity index (χ4v) is 2.66. The predicted molar refractivity (Wildman–Crippen MR) is 82.8 cm³/mol. The van der Waals surface area contributed by atoms with Crippen molar-refractivity contribution in [3.63, 3.8) is 0 Å². The van der Waals surface area contributed by atoms with Gasteiger partial charge in [0.25, 0.3) is 0 Å². The molecule has 0 saturated carbocycles. The second-order valence-electron chi connectivity index (χ2n) is 4.21. The lowest BCUT2D eigenvalue weighted by Crippen LogP contribution is -2.19. The van der Waals surface area contributed by atoms with Crippen LogP contribution in [0.15, 0.2) is 4.47 Å². The van der Waals surface area contributed by atoms with Crippen LogP contribution in [0, 0.1) is 0 Å². The van der Waals surface area contributed by atoms with E-state index in [9.17, 15) is 0 Å². The molecule has 6 heteroatoms. The largest absolute Gasteiger partial charge is 0.380 e. The van der Waals surface area contributed by atoms with Gasteiger partial charge in [-0.25, -0.2) is 0 Å². The quantitative estimate of drug-likeness (QED) is 0.520. The highest BCUT2D eigenvalue weighted by Gasteiger charge is 2.12. The van der Waals surface area contributed by atoms with E-state index in [2.05, 4.69) is 44.9 Å². The Kier molecular flexibility index (Phi) is 8.70. The van der Waals surface area contributed by atoms with Crippen LogP contribution in [0.25, 0.3) is 0 Å². The minimum Gasteiger partial charge on any atom is -0.380 e. The summed E-state index contributed by atoms with van der Waals surface area (Å²) in [4.78, 5) is 0. The van der Waals surface area contributed by atoms with E-state index in [4.69, 9.17) is 16.3 Å². The van der Waals surface area contributed by atoms with E-state index in [1.54, 1.807) is 0 Å². The van der Waals surface area contributed by atoms with Gasteiger partial charge in [0.2, 0.25) is 0 Å². The van der Waals surface area contributed by atoms with Crippen molar-refractivity contribution < 1.29 is 4.74 Å². The van der Waals surface area contributed by atoms with Crippen LogP contribution in [0.1, 0.15) is 31.7 Å². The smallest absolute Gasteiger partial charge is 0.0767 e. The highest BCUT2D eigenvalue weighted by Crippen LogP contribution is 2.22. The van der Waals surface area contributed by atoms with Gasteiger partial charge in [-0.05, 0) is 42.2 Å². The Balaban J connectivity index is 2.34. The molecule has 1 heterocycles. The van der Waals surface area contributed by atoms with Gasteiger partial charge in [0.05, 0.1) is 22.5 Å². The Morgan fingerprint density at radius 3 is 2.79 bits per heavy atom. The Labute approximate surface area is 129 Å². The lowest BCUT2D eigenvalue weighted by atomic mass is 10.3. The van der Waals surface area contributed by atoms with Crippen molar-refractivity contribution in [1.82, 2.24) is 15.1 Å². The maximum atomic E-state index is 5.53. The van der Waals surface area contributed by atoms with Crippen LogP contribution in [-0.2, 0) is 24.2 Å². The fourth-order valence-electron chi connectivity index (χ4n) is 1.85. The van der Waals surface area contributed by atoms with E-state index in [0.717, 1.165) is 49.2 Å².